The highest BCUT2D eigenvalue weighted by atomic mass is 35.5. The first kappa shape index (κ1) is 16.3. The number of rotatable bonds is 3. The van der Waals surface area contributed by atoms with Crippen molar-refractivity contribution >= 4 is 11.6 Å². The Morgan fingerprint density at radius 3 is 2.38 bits per heavy atom. The summed E-state index contributed by atoms with van der Waals surface area (Å²) in [5, 5.41) is 0.191. The average molecular weight is 347 g/mol. The molecule has 0 N–H and O–H groups in total. The zero-order chi connectivity index (χ0) is 17.3. The molecule has 24 heavy (non-hydrogen) atoms. The van der Waals surface area contributed by atoms with Crippen LogP contribution in [0, 0.1) is 11.6 Å². The van der Waals surface area contributed by atoms with Gasteiger partial charge < -0.3 is 4.57 Å². The summed E-state index contributed by atoms with van der Waals surface area (Å²) >= 11 is 6.15. The molecule has 0 saturated carbocycles. The number of hydrogen-bond acceptors (Lipinski definition) is 2. The van der Waals surface area contributed by atoms with E-state index in [1.807, 2.05) is 0 Å². The van der Waals surface area contributed by atoms with Crippen LogP contribution in [0.5, 0.6) is 0 Å². The Hall–Kier alpha value is -2.53. The predicted octanol–water partition coefficient (Wildman–Crippen LogP) is 4.53. The zero-order valence-corrected chi connectivity index (χ0v) is 13.5. The number of nitrogens with zero attached hydrogens (tertiary/aromatic N) is 2. The number of halogens is 3. The fourth-order valence-corrected chi connectivity index (χ4v) is 2.91. The van der Waals surface area contributed by atoms with Gasteiger partial charge in [-0.05, 0) is 37.3 Å². The van der Waals surface area contributed by atoms with Gasteiger partial charge in [-0.2, -0.15) is 0 Å². The van der Waals surface area contributed by atoms with E-state index in [1.165, 1.54) is 29.0 Å². The summed E-state index contributed by atoms with van der Waals surface area (Å²) in [6.07, 6.45) is 1.52. The molecule has 0 saturated heterocycles. The summed E-state index contributed by atoms with van der Waals surface area (Å²) in [7, 11) is 0. The van der Waals surface area contributed by atoms with Gasteiger partial charge >= 0.3 is 0 Å². The van der Waals surface area contributed by atoms with Gasteiger partial charge in [0.25, 0.3) is 5.56 Å². The Bertz CT molecular complexity index is 949. The zero-order valence-electron chi connectivity index (χ0n) is 12.8. The van der Waals surface area contributed by atoms with Crippen molar-refractivity contribution in [2.75, 3.05) is 0 Å². The van der Waals surface area contributed by atoms with E-state index >= 15 is 0 Å². The van der Waals surface area contributed by atoms with E-state index < -0.39 is 11.6 Å². The highest BCUT2D eigenvalue weighted by molar-refractivity contribution is 6.32. The van der Waals surface area contributed by atoms with Crippen LogP contribution in [0.2, 0.25) is 5.15 Å². The SMILES string of the molecule is CCn1c(-c2c(F)cccc2F)c(-c2cccnc2Cl)ccc1=O. The molecule has 3 aromatic rings. The van der Waals surface area contributed by atoms with Crippen molar-refractivity contribution in [2.24, 2.45) is 0 Å². The van der Waals surface area contributed by atoms with Crippen LogP contribution in [0.25, 0.3) is 22.4 Å². The van der Waals surface area contributed by atoms with Crippen LogP contribution in [0.15, 0.2) is 53.5 Å². The molecule has 0 aliphatic heterocycles. The van der Waals surface area contributed by atoms with Crippen LogP contribution >= 0.6 is 11.6 Å². The Morgan fingerprint density at radius 2 is 1.75 bits per heavy atom. The predicted molar refractivity (Wildman–Crippen MR) is 90.0 cm³/mol. The fourth-order valence-electron chi connectivity index (χ4n) is 2.69. The molecule has 0 amide bonds. The smallest absolute Gasteiger partial charge is 0.251 e. The van der Waals surface area contributed by atoms with Gasteiger partial charge in [0.15, 0.2) is 0 Å². The summed E-state index contributed by atoms with van der Waals surface area (Å²) in [4.78, 5) is 16.2. The van der Waals surface area contributed by atoms with E-state index in [2.05, 4.69) is 4.98 Å². The molecule has 0 aliphatic rings. The first-order chi connectivity index (χ1) is 11.5. The summed E-state index contributed by atoms with van der Waals surface area (Å²) in [6.45, 7) is 1.99. The Morgan fingerprint density at radius 1 is 1.04 bits per heavy atom. The van der Waals surface area contributed by atoms with Gasteiger partial charge in [-0.1, -0.05) is 17.7 Å². The first-order valence-corrected chi connectivity index (χ1v) is 7.71. The van der Waals surface area contributed by atoms with E-state index in [0.29, 0.717) is 11.1 Å². The second kappa shape index (κ2) is 6.53. The molecule has 1 aromatic carbocycles. The Labute approximate surface area is 142 Å². The third-order valence-corrected chi connectivity index (χ3v) is 4.05. The Kier molecular flexibility index (Phi) is 4.44. The van der Waals surface area contributed by atoms with Crippen LogP contribution in [0.4, 0.5) is 8.78 Å². The maximum atomic E-state index is 14.4. The normalized spacial score (nSPS) is 10.8. The third kappa shape index (κ3) is 2.71. The highest BCUT2D eigenvalue weighted by Crippen LogP contribution is 2.36. The number of aromatic nitrogens is 2. The molecule has 0 unspecified atom stereocenters. The molecule has 0 aliphatic carbocycles. The summed E-state index contributed by atoms with van der Waals surface area (Å²) in [5.41, 5.74) is 0.485. The molecule has 2 heterocycles. The van der Waals surface area contributed by atoms with E-state index in [1.54, 1.807) is 19.1 Å². The lowest BCUT2D eigenvalue weighted by Gasteiger charge is -2.17. The number of benzene rings is 1. The first-order valence-electron chi connectivity index (χ1n) is 7.33. The standard InChI is InChI=1S/C18H13ClF2N2O/c1-2-23-15(24)9-8-11(12-5-4-10-22-18(12)19)17(23)16-13(20)6-3-7-14(16)21/h3-10H,2H2,1H3. The molecule has 122 valence electrons. The average Bonchev–Trinajstić information content (AvgIpc) is 2.56. The fraction of sp³-hybridized carbons (Fsp3) is 0.111. The van der Waals surface area contributed by atoms with Crippen molar-refractivity contribution in [2.45, 2.75) is 13.5 Å². The lowest BCUT2D eigenvalue weighted by molar-refractivity contribution is 0.584. The summed E-state index contributed by atoms with van der Waals surface area (Å²) < 4.78 is 30.1. The Balaban J connectivity index is 2.46. The second-order valence-electron chi connectivity index (χ2n) is 5.12. The highest BCUT2D eigenvalue weighted by Gasteiger charge is 2.21. The quantitative estimate of drug-likeness (QED) is 0.653. The molecule has 0 atom stereocenters. The minimum Gasteiger partial charge on any atom is -0.308 e. The van der Waals surface area contributed by atoms with Crippen LogP contribution < -0.4 is 5.56 Å². The van der Waals surface area contributed by atoms with Gasteiger partial charge in [0, 0.05) is 29.9 Å². The minimum atomic E-state index is -0.746. The van der Waals surface area contributed by atoms with Crippen molar-refractivity contribution in [3.63, 3.8) is 0 Å². The maximum Gasteiger partial charge on any atom is 0.251 e. The van der Waals surface area contributed by atoms with Crippen LogP contribution in [-0.2, 0) is 6.54 Å². The van der Waals surface area contributed by atoms with E-state index in [9.17, 15) is 13.6 Å². The maximum absolute atomic E-state index is 14.4. The second-order valence-corrected chi connectivity index (χ2v) is 5.47. The van der Waals surface area contributed by atoms with Crippen molar-refractivity contribution in [3.05, 3.63) is 75.8 Å². The monoisotopic (exact) mass is 346 g/mol. The van der Waals surface area contributed by atoms with Gasteiger partial charge in [-0.3, -0.25) is 4.79 Å². The molecule has 0 fully saturated rings. The van der Waals surface area contributed by atoms with Crippen molar-refractivity contribution in [1.82, 2.24) is 9.55 Å². The number of hydrogen-bond donors (Lipinski definition) is 0. The molecule has 3 rings (SSSR count). The van der Waals surface area contributed by atoms with Crippen LogP contribution in [0.3, 0.4) is 0 Å². The van der Waals surface area contributed by atoms with Gasteiger partial charge in [0.1, 0.15) is 16.8 Å². The molecular weight excluding hydrogens is 334 g/mol. The molecule has 0 spiro atoms. The van der Waals surface area contributed by atoms with E-state index in [0.717, 1.165) is 12.1 Å². The van der Waals surface area contributed by atoms with E-state index in [-0.39, 0.29) is 28.5 Å². The van der Waals surface area contributed by atoms with Crippen LogP contribution in [-0.4, -0.2) is 9.55 Å². The largest absolute Gasteiger partial charge is 0.308 e. The third-order valence-electron chi connectivity index (χ3n) is 3.75. The number of pyridine rings is 2. The summed E-state index contributed by atoms with van der Waals surface area (Å²) in [6, 6.07) is 9.82. The molecule has 0 radical (unpaired) electrons. The lowest BCUT2D eigenvalue weighted by atomic mass is 9.99. The lowest BCUT2D eigenvalue weighted by Crippen LogP contribution is -2.21. The molecule has 3 nitrogen and oxygen atoms in total. The van der Waals surface area contributed by atoms with Crippen molar-refractivity contribution in [1.29, 1.82) is 0 Å². The van der Waals surface area contributed by atoms with Gasteiger partial charge in [0.2, 0.25) is 0 Å². The molecule has 2 aromatic heterocycles. The summed E-state index contributed by atoms with van der Waals surface area (Å²) in [5.74, 6) is -1.49. The molecular formula is C18H13ClF2N2O. The van der Waals surface area contributed by atoms with Gasteiger partial charge in [-0.15, -0.1) is 0 Å². The molecule has 6 heteroatoms. The van der Waals surface area contributed by atoms with Gasteiger partial charge in [0.05, 0.1) is 11.3 Å². The van der Waals surface area contributed by atoms with Crippen molar-refractivity contribution < 1.29 is 8.78 Å². The van der Waals surface area contributed by atoms with Gasteiger partial charge in [-0.25, -0.2) is 13.8 Å². The van der Waals surface area contributed by atoms with E-state index in [4.69, 9.17) is 11.6 Å². The minimum absolute atomic E-state index is 0.149. The van der Waals surface area contributed by atoms with Crippen LogP contribution in [0.1, 0.15) is 6.92 Å². The van der Waals surface area contributed by atoms with Crippen molar-refractivity contribution in [3.8, 4) is 22.4 Å². The topological polar surface area (TPSA) is 34.9 Å². The molecule has 0 bridgehead atoms.